The van der Waals surface area contributed by atoms with E-state index >= 15 is 0 Å². The first-order valence-corrected chi connectivity index (χ1v) is 8.73. The topological polar surface area (TPSA) is 59.6 Å². The number of hydrogen-bond acceptors (Lipinski definition) is 4. The van der Waals surface area contributed by atoms with Gasteiger partial charge in [-0.05, 0) is 56.5 Å². The van der Waals surface area contributed by atoms with Crippen LogP contribution in [0.1, 0.15) is 31.2 Å². The van der Waals surface area contributed by atoms with Crippen molar-refractivity contribution in [2.45, 2.75) is 31.9 Å². The van der Waals surface area contributed by atoms with Gasteiger partial charge in [0.25, 0.3) is 0 Å². The van der Waals surface area contributed by atoms with E-state index in [1.807, 2.05) is 0 Å². The zero-order valence-corrected chi connectivity index (χ0v) is 16.0. The van der Waals surface area contributed by atoms with Gasteiger partial charge < -0.3 is 20.1 Å². The van der Waals surface area contributed by atoms with Crippen LogP contribution in [0.3, 0.4) is 0 Å². The molecule has 5 nitrogen and oxygen atoms in total. The van der Waals surface area contributed by atoms with E-state index in [-0.39, 0.29) is 42.8 Å². The van der Waals surface area contributed by atoms with Crippen LogP contribution in [0, 0.1) is 5.92 Å². The van der Waals surface area contributed by atoms with E-state index in [0.717, 1.165) is 44.5 Å². The lowest BCUT2D eigenvalue weighted by molar-refractivity contribution is -0.137. The Morgan fingerprint density at radius 1 is 1.26 bits per heavy atom. The molecule has 2 N–H and O–H groups in total. The van der Waals surface area contributed by atoms with Crippen molar-refractivity contribution in [1.82, 2.24) is 5.32 Å². The molecule has 27 heavy (non-hydrogen) atoms. The first kappa shape index (κ1) is 23.5. The Bertz CT molecular complexity index is 594. The predicted octanol–water partition coefficient (Wildman–Crippen LogP) is 3.87. The number of methoxy groups -OCH3 is 1. The molecule has 1 aromatic rings. The fourth-order valence-corrected chi connectivity index (χ4v) is 2.88. The minimum Gasteiger partial charge on any atom is -0.489 e. The molecule has 9 heteroatoms. The molecule has 0 spiro atoms. The van der Waals surface area contributed by atoms with E-state index in [0.29, 0.717) is 12.5 Å². The van der Waals surface area contributed by atoms with Gasteiger partial charge >= 0.3 is 6.18 Å². The van der Waals surface area contributed by atoms with Gasteiger partial charge in [0, 0.05) is 13.5 Å². The Labute approximate surface area is 163 Å². The molecular formula is C18H26ClF3N2O3. The maximum absolute atomic E-state index is 13.0. The molecule has 1 heterocycles. The van der Waals surface area contributed by atoms with Crippen molar-refractivity contribution in [3.8, 4) is 5.75 Å². The van der Waals surface area contributed by atoms with E-state index in [4.69, 9.17) is 9.47 Å². The molecule has 0 aromatic heterocycles. The van der Waals surface area contributed by atoms with Crippen molar-refractivity contribution in [2.24, 2.45) is 5.92 Å². The van der Waals surface area contributed by atoms with Crippen LogP contribution >= 0.6 is 12.4 Å². The zero-order valence-electron chi connectivity index (χ0n) is 15.2. The summed E-state index contributed by atoms with van der Waals surface area (Å²) in [6.45, 7) is 2.36. The summed E-state index contributed by atoms with van der Waals surface area (Å²) in [5.41, 5.74) is -0.795. The number of rotatable bonds is 8. The standard InChI is InChI=1S/C18H25F3N2O3.ClH/c1-25-10-11-26-16-4-3-14(18(19,20)21)12-15(16)23-17(24)5-2-13-6-8-22-9-7-13;/h3-4,12-13,22H,2,5-11H2,1H3,(H,23,24);1H. The number of piperidine rings is 1. The van der Waals surface area contributed by atoms with Gasteiger partial charge in [0.2, 0.25) is 5.91 Å². The fraction of sp³-hybridized carbons (Fsp3) is 0.611. The van der Waals surface area contributed by atoms with E-state index in [9.17, 15) is 18.0 Å². The second-order valence-corrected chi connectivity index (χ2v) is 6.33. The molecule has 2 rings (SSSR count). The van der Waals surface area contributed by atoms with Crippen LogP contribution in [0.25, 0.3) is 0 Å². The normalized spacial score (nSPS) is 15.1. The maximum atomic E-state index is 13.0. The smallest absolute Gasteiger partial charge is 0.416 e. The Morgan fingerprint density at radius 3 is 2.59 bits per heavy atom. The number of benzene rings is 1. The molecule has 1 aromatic carbocycles. The fourth-order valence-electron chi connectivity index (χ4n) is 2.88. The zero-order chi connectivity index (χ0) is 19.0. The molecule has 1 saturated heterocycles. The van der Waals surface area contributed by atoms with Gasteiger partial charge in [-0.15, -0.1) is 12.4 Å². The van der Waals surface area contributed by atoms with Gasteiger partial charge in [0.15, 0.2) is 0 Å². The van der Waals surface area contributed by atoms with E-state index < -0.39 is 11.7 Å². The lowest BCUT2D eigenvalue weighted by Gasteiger charge is -2.22. The molecule has 0 unspecified atom stereocenters. The number of halogens is 4. The minimum absolute atomic E-state index is 0. The quantitative estimate of drug-likeness (QED) is 0.639. The van der Waals surface area contributed by atoms with Crippen molar-refractivity contribution in [2.75, 3.05) is 38.7 Å². The van der Waals surface area contributed by atoms with Crippen LogP contribution in [0.5, 0.6) is 5.75 Å². The summed E-state index contributed by atoms with van der Waals surface area (Å²) in [4.78, 5) is 12.2. The van der Waals surface area contributed by atoms with Crippen LogP contribution in [0.2, 0.25) is 0 Å². The van der Waals surface area contributed by atoms with Crippen molar-refractivity contribution < 1.29 is 27.4 Å². The maximum Gasteiger partial charge on any atom is 0.416 e. The Balaban J connectivity index is 0.00000364. The number of anilines is 1. The Hall–Kier alpha value is -1.51. The number of carbonyl (C=O) groups is 1. The number of alkyl halides is 3. The van der Waals surface area contributed by atoms with Crippen molar-refractivity contribution in [1.29, 1.82) is 0 Å². The third kappa shape index (κ3) is 7.94. The lowest BCUT2D eigenvalue weighted by Crippen LogP contribution is -2.28. The summed E-state index contributed by atoms with van der Waals surface area (Å²) in [6, 6.07) is 3.07. The average molecular weight is 411 g/mol. The van der Waals surface area contributed by atoms with Gasteiger partial charge in [-0.25, -0.2) is 0 Å². The molecule has 0 atom stereocenters. The summed E-state index contributed by atoms with van der Waals surface area (Å²) in [6.07, 6.45) is -1.45. The molecule has 0 radical (unpaired) electrons. The number of carbonyl (C=O) groups excluding carboxylic acids is 1. The third-order valence-corrected chi connectivity index (χ3v) is 4.36. The predicted molar refractivity (Wildman–Crippen MR) is 99.5 cm³/mol. The van der Waals surface area contributed by atoms with Gasteiger partial charge in [-0.2, -0.15) is 13.2 Å². The largest absolute Gasteiger partial charge is 0.489 e. The second kappa shape index (κ2) is 11.4. The highest BCUT2D eigenvalue weighted by Gasteiger charge is 2.31. The SMILES string of the molecule is COCCOc1ccc(C(F)(F)F)cc1NC(=O)CCC1CCNCC1.Cl. The first-order valence-electron chi connectivity index (χ1n) is 8.73. The third-order valence-electron chi connectivity index (χ3n) is 4.36. The molecule has 1 amide bonds. The second-order valence-electron chi connectivity index (χ2n) is 6.33. The molecule has 1 aliphatic heterocycles. The highest BCUT2D eigenvalue weighted by Crippen LogP contribution is 2.35. The van der Waals surface area contributed by atoms with Crippen LogP contribution in [-0.4, -0.2) is 39.3 Å². The monoisotopic (exact) mass is 410 g/mol. The van der Waals surface area contributed by atoms with Crippen LogP contribution in [-0.2, 0) is 15.7 Å². The van der Waals surface area contributed by atoms with Crippen LogP contribution in [0.15, 0.2) is 18.2 Å². The summed E-state index contributed by atoms with van der Waals surface area (Å²) < 4.78 is 49.2. The number of nitrogens with one attached hydrogen (secondary N) is 2. The van der Waals surface area contributed by atoms with Crippen LogP contribution < -0.4 is 15.4 Å². The highest BCUT2D eigenvalue weighted by molar-refractivity contribution is 5.92. The highest BCUT2D eigenvalue weighted by atomic mass is 35.5. The molecule has 1 aliphatic rings. The van der Waals surface area contributed by atoms with E-state index in [1.165, 1.54) is 13.2 Å². The average Bonchev–Trinajstić information content (AvgIpc) is 2.61. The molecular weight excluding hydrogens is 385 g/mol. The summed E-state index contributed by atoms with van der Waals surface area (Å²) >= 11 is 0. The summed E-state index contributed by atoms with van der Waals surface area (Å²) in [7, 11) is 1.50. The van der Waals surface area contributed by atoms with Gasteiger partial charge in [-0.3, -0.25) is 4.79 Å². The minimum atomic E-state index is -4.49. The van der Waals surface area contributed by atoms with E-state index in [2.05, 4.69) is 10.6 Å². The molecule has 0 aliphatic carbocycles. The number of ether oxygens (including phenoxy) is 2. The van der Waals surface area contributed by atoms with Crippen molar-refractivity contribution in [3.05, 3.63) is 23.8 Å². The number of amides is 1. The molecule has 1 fully saturated rings. The molecule has 0 bridgehead atoms. The summed E-state index contributed by atoms with van der Waals surface area (Å²) in [5.74, 6) is 0.366. The van der Waals surface area contributed by atoms with Gasteiger partial charge in [0.1, 0.15) is 12.4 Å². The van der Waals surface area contributed by atoms with Crippen molar-refractivity contribution >= 4 is 24.0 Å². The first-order chi connectivity index (χ1) is 12.4. The molecule has 0 saturated carbocycles. The Morgan fingerprint density at radius 2 is 1.96 bits per heavy atom. The van der Waals surface area contributed by atoms with Gasteiger partial charge in [0.05, 0.1) is 17.9 Å². The molecule has 154 valence electrons. The van der Waals surface area contributed by atoms with E-state index in [1.54, 1.807) is 0 Å². The van der Waals surface area contributed by atoms with Crippen molar-refractivity contribution in [3.63, 3.8) is 0 Å². The van der Waals surface area contributed by atoms with Gasteiger partial charge in [-0.1, -0.05) is 0 Å². The Kier molecular flexibility index (Phi) is 9.90. The lowest BCUT2D eigenvalue weighted by atomic mass is 9.93. The number of hydrogen-bond donors (Lipinski definition) is 2. The van der Waals surface area contributed by atoms with Crippen LogP contribution in [0.4, 0.5) is 18.9 Å². The summed E-state index contributed by atoms with van der Waals surface area (Å²) in [5, 5.41) is 5.83.